The monoisotopic (exact) mass is 274 g/mol. The van der Waals surface area contributed by atoms with Crippen LogP contribution in [0.4, 0.5) is 13.2 Å². The van der Waals surface area contributed by atoms with E-state index in [2.05, 4.69) is 5.32 Å². The number of hydrogen-bond acceptors (Lipinski definition) is 2. The smallest absolute Gasteiger partial charge is 0.324 e. The largest absolute Gasteiger partial charge is 0.390 e. The van der Waals surface area contributed by atoms with E-state index < -0.39 is 18.6 Å². The fourth-order valence-corrected chi connectivity index (χ4v) is 1.96. The minimum Gasteiger partial charge on any atom is -0.324 e. The molecule has 1 aromatic rings. The summed E-state index contributed by atoms with van der Waals surface area (Å²) in [5.41, 5.74) is 7.07. The first kappa shape index (κ1) is 16.0. The second kappa shape index (κ2) is 7.50. The van der Waals surface area contributed by atoms with Crippen LogP contribution in [-0.2, 0) is 0 Å². The Bertz CT molecular complexity index is 351. The van der Waals surface area contributed by atoms with Crippen molar-refractivity contribution in [3.8, 4) is 0 Å². The van der Waals surface area contributed by atoms with E-state index in [4.69, 9.17) is 5.73 Å². The lowest BCUT2D eigenvalue weighted by Gasteiger charge is -2.17. The van der Waals surface area contributed by atoms with Gasteiger partial charge in [-0.1, -0.05) is 30.3 Å². The van der Waals surface area contributed by atoms with E-state index >= 15 is 0 Å². The van der Waals surface area contributed by atoms with Crippen molar-refractivity contribution in [2.45, 2.75) is 44.4 Å². The van der Waals surface area contributed by atoms with Crippen LogP contribution >= 0.6 is 0 Å². The lowest BCUT2D eigenvalue weighted by molar-refractivity contribution is -0.139. The minimum absolute atomic E-state index is 0.0547. The summed E-state index contributed by atoms with van der Waals surface area (Å²) in [5, 5.41) is 2.87. The number of halogens is 3. The zero-order chi connectivity index (χ0) is 14.3. The molecule has 0 saturated carbocycles. The van der Waals surface area contributed by atoms with Gasteiger partial charge in [-0.25, -0.2) is 0 Å². The van der Waals surface area contributed by atoms with Crippen molar-refractivity contribution in [2.75, 3.05) is 6.54 Å². The summed E-state index contributed by atoms with van der Waals surface area (Å²) in [7, 11) is 0. The molecule has 0 heterocycles. The number of nitrogens with two attached hydrogens (primary N) is 1. The molecule has 19 heavy (non-hydrogen) atoms. The average Bonchev–Trinajstić information content (AvgIpc) is 2.33. The highest BCUT2D eigenvalue weighted by atomic mass is 19.4. The summed E-state index contributed by atoms with van der Waals surface area (Å²) in [5.74, 6) is 0. The predicted octanol–water partition coefficient (Wildman–Crippen LogP) is 3.40. The maximum atomic E-state index is 12.1. The molecule has 0 aromatic heterocycles. The van der Waals surface area contributed by atoms with E-state index in [-0.39, 0.29) is 6.04 Å². The molecular weight excluding hydrogens is 253 g/mol. The second-order valence-corrected chi connectivity index (χ2v) is 4.83. The van der Waals surface area contributed by atoms with Crippen LogP contribution in [0.5, 0.6) is 0 Å². The number of hydrogen-bond donors (Lipinski definition) is 2. The zero-order valence-corrected chi connectivity index (χ0v) is 11.1. The van der Waals surface area contributed by atoms with Crippen molar-refractivity contribution in [3.05, 3.63) is 35.9 Å². The van der Waals surface area contributed by atoms with Gasteiger partial charge in [-0.15, -0.1) is 0 Å². The Morgan fingerprint density at radius 3 is 2.42 bits per heavy atom. The molecule has 3 N–H and O–H groups in total. The van der Waals surface area contributed by atoms with E-state index in [0.29, 0.717) is 6.54 Å². The van der Waals surface area contributed by atoms with Crippen LogP contribution < -0.4 is 11.1 Å². The molecule has 0 spiro atoms. The van der Waals surface area contributed by atoms with Crippen molar-refractivity contribution in [2.24, 2.45) is 5.73 Å². The van der Waals surface area contributed by atoms with Crippen LogP contribution in [-0.4, -0.2) is 18.8 Å². The van der Waals surface area contributed by atoms with Crippen LogP contribution in [0.2, 0.25) is 0 Å². The molecule has 0 radical (unpaired) electrons. The van der Waals surface area contributed by atoms with Gasteiger partial charge < -0.3 is 11.1 Å². The topological polar surface area (TPSA) is 38.0 Å². The molecule has 0 fully saturated rings. The first-order valence-corrected chi connectivity index (χ1v) is 6.49. The van der Waals surface area contributed by atoms with Gasteiger partial charge in [0.1, 0.15) is 0 Å². The van der Waals surface area contributed by atoms with Gasteiger partial charge >= 0.3 is 6.18 Å². The molecule has 0 saturated heterocycles. The second-order valence-electron chi connectivity index (χ2n) is 4.83. The third-order valence-corrected chi connectivity index (χ3v) is 2.95. The highest BCUT2D eigenvalue weighted by Gasteiger charge is 2.29. The molecule has 2 atom stereocenters. The Kier molecular flexibility index (Phi) is 6.31. The number of alkyl halides is 3. The molecule has 0 aliphatic carbocycles. The van der Waals surface area contributed by atoms with Crippen molar-refractivity contribution >= 4 is 0 Å². The van der Waals surface area contributed by atoms with E-state index in [1.165, 1.54) is 0 Å². The quantitative estimate of drug-likeness (QED) is 0.748. The molecule has 0 aliphatic heterocycles. The van der Waals surface area contributed by atoms with Gasteiger partial charge in [0, 0.05) is 12.1 Å². The molecule has 2 unspecified atom stereocenters. The number of nitrogens with one attached hydrogen (secondary N) is 1. The van der Waals surface area contributed by atoms with Crippen molar-refractivity contribution in [1.82, 2.24) is 5.32 Å². The van der Waals surface area contributed by atoms with Gasteiger partial charge in [-0.2, -0.15) is 13.2 Å². The summed E-state index contributed by atoms with van der Waals surface area (Å²) >= 11 is 0. The standard InChI is InChI=1S/C14H21F3N2/c1-11(10-14(15,16)17)19-9-5-8-13(18)12-6-3-2-4-7-12/h2-4,6-7,11,13,19H,5,8-10,18H2,1H3. The van der Waals surface area contributed by atoms with Crippen molar-refractivity contribution in [3.63, 3.8) is 0 Å². The fourth-order valence-electron chi connectivity index (χ4n) is 1.96. The normalized spacial score (nSPS) is 15.2. The summed E-state index contributed by atoms with van der Waals surface area (Å²) < 4.78 is 36.3. The van der Waals surface area contributed by atoms with Gasteiger partial charge in [0.05, 0.1) is 6.42 Å². The summed E-state index contributed by atoms with van der Waals surface area (Å²) in [4.78, 5) is 0. The molecule has 1 rings (SSSR count). The zero-order valence-electron chi connectivity index (χ0n) is 11.1. The molecule has 108 valence electrons. The first-order valence-electron chi connectivity index (χ1n) is 6.49. The summed E-state index contributed by atoms with van der Waals surface area (Å²) in [6, 6.07) is 9.11. The third-order valence-electron chi connectivity index (χ3n) is 2.95. The van der Waals surface area contributed by atoms with Crippen molar-refractivity contribution in [1.29, 1.82) is 0 Å². The predicted molar refractivity (Wildman–Crippen MR) is 70.7 cm³/mol. The van der Waals surface area contributed by atoms with Gasteiger partial charge in [0.25, 0.3) is 0 Å². The molecule has 0 aliphatic rings. The molecule has 0 amide bonds. The Labute approximate surface area is 112 Å². The van der Waals surface area contributed by atoms with Gasteiger partial charge in [0.15, 0.2) is 0 Å². The van der Waals surface area contributed by atoms with Crippen LogP contribution in [0.3, 0.4) is 0 Å². The Balaban J connectivity index is 2.17. The van der Waals surface area contributed by atoms with Crippen LogP contribution in [0.15, 0.2) is 30.3 Å². The molecule has 0 bridgehead atoms. The van der Waals surface area contributed by atoms with E-state index in [9.17, 15) is 13.2 Å². The lowest BCUT2D eigenvalue weighted by Crippen LogP contribution is -2.32. The summed E-state index contributed by atoms with van der Waals surface area (Å²) in [6.07, 6.45) is -3.38. The number of rotatable bonds is 7. The maximum Gasteiger partial charge on any atom is 0.390 e. The highest BCUT2D eigenvalue weighted by Crippen LogP contribution is 2.21. The molecule has 1 aromatic carbocycles. The lowest BCUT2D eigenvalue weighted by atomic mass is 10.0. The van der Waals surface area contributed by atoms with E-state index in [1.54, 1.807) is 6.92 Å². The highest BCUT2D eigenvalue weighted by molar-refractivity contribution is 5.18. The molecule has 5 heteroatoms. The Morgan fingerprint density at radius 2 is 1.84 bits per heavy atom. The number of benzene rings is 1. The van der Waals surface area contributed by atoms with Gasteiger partial charge in [-0.05, 0) is 31.9 Å². The SMILES string of the molecule is CC(CC(F)(F)F)NCCCC(N)c1ccccc1. The fraction of sp³-hybridized carbons (Fsp3) is 0.571. The van der Waals surface area contributed by atoms with Crippen molar-refractivity contribution < 1.29 is 13.2 Å². The van der Waals surface area contributed by atoms with Gasteiger partial charge in [-0.3, -0.25) is 0 Å². The van der Waals surface area contributed by atoms with Crippen LogP contribution in [0, 0.1) is 0 Å². The third kappa shape index (κ3) is 7.18. The average molecular weight is 274 g/mol. The van der Waals surface area contributed by atoms with E-state index in [1.807, 2.05) is 30.3 Å². The van der Waals surface area contributed by atoms with Crippen LogP contribution in [0.1, 0.15) is 37.8 Å². The minimum atomic E-state index is -4.10. The summed E-state index contributed by atoms with van der Waals surface area (Å²) in [6.45, 7) is 2.10. The maximum absolute atomic E-state index is 12.1. The molecule has 2 nitrogen and oxygen atoms in total. The Hall–Kier alpha value is -1.07. The molecular formula is C14H21F3N2. The van der Waals surface area contributed by atoms with Crippen LogP contribution in [0.25, 0.3) is 0 Å². The van der Waals surface area contributed by atoms with Gasteiger partial charge in [0.2, 0.25) is 0 Å². The first-order chi connectivity index (χ1) is 8.88. The van der Waals surface area contributed by atoms with E-state index in [0.717, 1.165) is 18.4 Å². The Morgan fingerprint density at radius 1 is 1.21 bits per heavy atom.